The van der Waals surface area contributed by atoms with Crippen molar-refractivity contribution in [1.29, 1.82) is 0 Å². The van der Waals surface area contributed by atoms with Gasteiger partial charge in [0, 0.05) is 5.56 Å². The molecular weight excluding hydrogens is 421 g/mol. The number of esters is 1. The van der Waals surface area contributed by atoms with Crippen LogP contribution in [0.2, 0.25) is 0 Å². The van der Waals surface area contributed by atoms with Crippen LogP contribution < -0.4 is 4.74 Å². The summed E-state index contributed by atoms with van der Waals surface area (Å²) < 4.78 is 59.1. The minimum absolute atomic E-state index is 0.127. The van der Waals surface area contributed by atoms with Gasteiger partial charge in [0.05, 0.1) is 25.4 Å². The van der Waals surface area contributed by atoms with Crippen LogP contribution >= 0.6 is 0 Å². The number of alkyl halides is 3. The average Bonchev–Trinajstić information content (AvgIpc) is 3.69. The van der Waals surface area contributed by atoms with Gasteiger partial charge >= 0.3 is 12.1 Å². The number of hydrogen-bond acceptors (Lipinski definition) is 4. The molecule has 2 fully saturated rings. The Kier molecular flexibility index (Phi) is 5.40. The van der Waals surface area contributed by atoms with E-state index in [0.29, 0.717) is 17.7 Å². The van der Waals surface area contributed by atoms with Gasteiger partial charge in [-0.2, -0.15) is 13.2 Å². The molecule has 32 heavy (non-hydrogen) atoms. The van der Waals surface area contributed by atoms with Crippen molar-refractivity contribution in [1.82, 2.24) is 0 Å². The molecule has 0 spiro atoms. The van der Waals surface area contributed by atoms with Crippen molar-refractivity contribution >= 4 is 5.97 Å². The van der Waals surface area contributed by atoms with E-state index in [4.69, 9.17) is 14.2 Å². The summed E-state index contributed by atoms with van der Waals surface area (Å²) in [4.78, 5) is 12.7. The molecule has 7 heteroatoms. The largest absolute Gasteiger partial charge is 0.493 e. The number of halogens is 3. The van der Waals surface area contributed by atoms with E-state index in [1.165, 1.54) is 7.11 Å². The minimum atomic E-state index is -4.64. The number of ether oxygens (including phenoxy) is 3. The van der Waals surface area contributed by atoms with Crippen molar-refractivity contribution in [3.63, 3.8) is 0 Å². The number of methoxy groups -OCH3 is 1. The van der Waals surface area contributed by atoms with E-state index in [9.17, 15) is 18.0 Å². The fourth-order valence-electron chi connectivity index (χ4n) is 4.47. The van der Waals surface area contributed by atoms with E-state index in [1.807, 2.05) is 12.1 Å². The molecular formula is C25H25F3O4. The van der Waals surface area contributed by atoms with Gasteiger partial charge in [0.15, 0.2) is 6.10 Å². The van der Waals surface area contributed by atoms with Gasteiger partial charge in [0.25, 0.3) is 0 Å². The SMILES string of the molecule is COC(=O)C(OC1CC1)c1c(C(F)(F)F)ccc(C2CC2)c1-c1ccc2c(c1)CCCO2. The van der Waals surface area contributed by atoms with Crippen LogP contribution in [0.4, 0.5) is 13.2 Å². The van der Waals surface area contributed by atoms with E-state index < -0.39 is 23.8 Å². The number of hydrogen-bond donors (Lipinski definition) is 0. The molecule has 0 radical (unpaired) electrons. The molecule has 3 aliphatic rings. The Labute approximate surface area is 184 Å². The number of aryl methyl sites for hydroxylation is 1. The predicted octanol–water partition coefficient (Wildman–Crippen LogP) is 5.97. The van der Waals surface area contributed by atoms with Crippen molar-refractivity contribution in [2.75, 3.05) is 13.7 Å². The molecule has 2 saturated carbocycles. The second kappa shape index (κ2) is 8.10. The molecule has 0 aromatic heterocycles. The lowest BCUT2D eigenvalue weighted by Crippen LogP contribution is -2.24. The zero-order chi connectivity index (χ0) is 22.5. The van der Waals surface area contributed by atoms with Gasteiger partial charge in [-0.05, 0) is 84.9 Å². The van der Waals surface area contributed by atoms with E-state index >= 15 is 0 Å². The maximum atomic E-state index is 14.2. The summed E-state index contributed by atoms with van der Waals surface area (Å²) in [5.41, 5.74) is 1.94. The number of rotatable bonds is 6. The van der Waals surface area contributed by atoms with Crippen LogP contribution in [0.15, 0.2) is 30.3 Å². The first-order chi connectivity index (χ1) is 15.4. The minimum Gasteiger partial charge on any atom is -0.493 e. The molecule has 2 aromatic rings. The normalized spacial score (nSPS) is 19.1. The Morgan fingerprint density at radius 3 is 2.56 bits per heavy atom. The molecule has 0 amide bonds. The fourth-order valence-corrected chi connectivity index (χ4v) is 4.47. The summed E-state index contributed by atoms with van der Waals surface area (Å²) >= 11 is 0. The van der Waals surface area contributed by atoms with Crippen molar-refractivity contribution in [2.45, 2.75) is 62.8 Å². The standard InChI is InChI=1S/C25H25F3O4/c1-30-24(29)23(32-17-7-8-17)22-19(25(26,27)28)10-9-18(14-4-5-14)21(22)16-6-11-20-15(13-16)3-2-12-31-20/h6,9-11,13-14,17,23H,2-5,7-8,12H2,1H3. The third kappa shape index (κ3) is 4.10. The highest BCUT2D eigenvalue weighted by Crippen LogP contribution is 2.51. The summed E-state index contributed by atoms with van der Waals surface area (Å²) in [5, 5.41) is 0. The van der Waals surface area contributed by atoms with Gasteiger partial charge in [0.1, 0.15) is 5.75 Å². The van der Waals surface area contributed by atoms with Crippen LogP contribution in [0.25, 0.3) is 11.1 Å². The molecule has 1 atom stereocenters. The van der Waals surface area contributed by atoms with Gasteiger partial charge in [-0.1, -0.05) is 12.1 Å². The second-order valence-electron chi connectivity index (χ2n) is 8.78. The van der Waals surface area contributed by atoms with Crippen LogP contribution in [0.5, 0.6) is 5.75 Å². The lowest BCUT2D eigenvalue weighted by Gasteiger charge is -2.26. The van der Waals surface area contributed by atoms with E-state index in [1.54, 1.807) is 12.1 Å². The summed E-state index contributed by atoms with van der Waals surface area (Å²) in [5.74, 6) is 0.135. The van der Waals surface area contributed by atoms with E-state index in [2.05, 4.69) is 0 Å². The monoisotopic (exact) mass is 446 g/mol. The van der Waals surface area contributed by atoms with Crippen LogP contribution in [-0.4, -0.2) is 25.8 Å². The van der Waals surface area contributed by atoms with Gasteiger partial charge in [-0.15, -0.1) is 0 Å². The Balaban J connectivity index is 1.75. The van der Waals surface area contributed by atoms with Crippen LogP contribution in [-0.2, 0) is 26.9 Å². The van der Waals surface area contributed by atoms with E-state index in [0.717, 1.165) is 61.5 Å². The molecule has 1 aliphatic heterocycles. The maximum absolute atomic E-state index is 14.2. The highest BCUT2D eigenvalue weighted by molar-refractivity contribution is 5.84. The van der Waals surface area contributed by atoms with Gasteiger partial charge in [-0.25, -0.2) is 4.79 Å². The summed E-state index contributed by atoms with van der Waals surface area (Å²) in [7, 11) is 1.18. The molecule has 4 nitrogen and oxygen atoms in total. The van der Waals surface area contributed by atoms with Crippen LogP contribution in [0.3, 0.4) is 0 Å². The number of fused-ring (bicyclic) bond motifs is 1. The van der Waals surface area contributed by atoms with Crippen LogP contribution in [0, 0.1) is 0 Å². The fraction of sp³-hybridized carbons (Fsp3) is 0.480. The molecule has 2 aliphatic carbocycles. The predicted molar refractivity (Wildman–Crippen MR) is 112 cm³/mol. The average molecular weight is 446 g/mol. The maximum Gasteiger partial charge on any atom is 0.416 e. The van der Waals surface area contributed by atoms with Crippen molar-refractivity contribution in [2.24, 2.45) is 0 Å². The summed E-state index contributed by atoms with van der Waals surface area (Å²) in [6.45, 7) is 0.633. The molecule has 0 bridgehead atoms. The first-order valence-corrected chi connectivity index (χ1v) is 11.1. The van der Waals surface area contributed by atoms with Gasteiger partial charge in [0.2, 0.25) is 0 Å². The van der Waals surface area contributed by atoms with Gasteiger partial charge < -0.3 is 14.2 Å². The van der Waals surface area contributed by atoms with E-state index in [-0.39, 0.29) is 17.6 Å². The number of carbonyl (C=O) groups excluding carboxylic acids is 1. The quantitative estimate of drug-likeness (QED) is 0.513. The third-order valence-corrected chi connectivity index (χ3v) is 6.33. The molecule has 0 saturated heterocycles. The lowest BCUT2D eigenvalue weighted by molar-refractivity contribution is -0.157. The molecule has 0 N–H and O–H groups in total. The zero-order valence-electron chi connectivity index (χ0n) is 17.8. The number of carbonyl (C=O) groups is 1. The smallest absolute Gasteiger partial charge is 0.416 e. The molecule has 1 unspecified atom stereocenters. The van der Waals surface area contributed by atoms with Crippen LogP contribution in [0.1, 0.15) is 66.4 Å². The van der Waals surface area contributed by atoms with Crippen molar-refractivity contribution in [3.05, 3.63) is 52.6 Å². The Morgan fingerprint density at radius 2 is 1.91 bits per heavy atom. The highest BCUT2D eigenvalue weighted by Gasteiger charge is 2.43. The first-order valence-electron chi connectivity index (χ1n) is 11.1. The highest BCUT2D eigenvalue weighted by atomic mass is 19.4. The topological polar surface area (TPSA) is 44.8 Å². The molecule has 170 valence electrons. The molecule has 5 rings (SSSR count). The molecule has 2 aromatic carbocycles. The van der Waals surface area contributed by atoms with Crippen molar-refractivity contribution < 1.29 is 32.2 Å². The zero-order valence-corrected chi connectivity index (χ0v) is 17.8. The summed E-state index contributed by atoms with van der Waals surface area (Å²) in [6.07, 6.45) is -1.35. The Morgan fingerprint density at radius 1 is 1.12 bits per heavy atom. The Bertz CT molecular complexity index is 1040. The first kappa shape index (κ1) is 21.3. The van der Waals surface area contributed by atoms with Gasteiger partial charge in [-0.3, -0.25) is 0 Å². The van der Waals surface area contributed by atoms with Crippen molar-refractivity contribution in [3.8, 4) is 16.9 Å². The molecule has 1 heterocycles. The second-order valence-corrected chi connectivity index (χ2v) is 8.78. The Hall–Kier alpha value is -2.54. The summed E-state index contributed by atoms with van der Waals surface area (Å²) in [6, 6.07) is 8.19. The lowest BCUT2D eigenvalue weighted by atomic mass is 9.85. The third-order valence-electron chi connectivity index (χ3n) is 6.33. The number of benzene rings is 2.